The SMILES string of the molecule is Nc1cc(N)n2nc(-c3ccccc3Cl)cc2n1. The van der Waals surface area contributed by atoms with E-state index in [9.17, 15) is 0 Å². The van der Waals surface area contributed by atoms with Crippen LogP contribution in [-0.4, -0.2) is 14.6 Å². The van der Waals surface area contributed by atoms with Gasteiger partial charge in [-0.3, -0.25) is 0 Å². The van der Waals surface area contributed by atoms with Crippen LogP contribution in [0.4, 0.5) is 11.6 Å². The fourth-order valence-corrected chi connectivity index (χ4v) is 2.05. The lowest BCUT2D eigenvalue weighted by molar-refractivity contribution is 0.958. The van der Waals surface area contributed by atoms with Gasteiger partial charge in [0.25, 0.3) is 0 Å². The molecule has 0 saturated heterocycles. The van der Waals surface area contributed by atoms with Crippen molar-refractivity contribution in [3.8, 4) is 11.3 Å². The molecular formula is C12H10ClN5. The Morgan fingerprint density at radius 1 is 1.11 bits per heavy atom. The largest absolute Gasteiger partial charge is 0.384 e. The van der Waals surface area contributed by atoms with E-state index in [1.807, 2.05) is 24.3 Å². The van der Waals surface area contributed by atoms with Gasteiger partial charge in [0, 0.05) is 17.7 Å². The molecule has 0 aliphatic rings. The van der Waals surface area contributed by atoms with Gasteiger partial charge in [-0.15, -0.1) is 0 Å². The highest BCUT2D eigenvalue weighted by Crippen LogP contribution is 2.27. The Kier molecular flexibility index (Phi) is 2.34. The topological polar surface area (TPSA) is 82.2 Å². The summed E-state index contributed by atoms with van der Waals surface area (Å²) in [5, 5.41) is 5.01. The van der Waals surface area contributed by atoms with Gasteiger partial charge >= 0.3 is 0 Å². The maximum atomic E-state index is 6.13. The molecule has 0 bridgehead atoms. The molecule has 5 nitrogen and oxygen atoms in total. The van der Waals surface area contributed by atoms with Gasteiger partial charge in [-0.25, -0.2) is 4.98 Å². The minimum Gasteiger partial charge on any atom is -0.384 e. The zero-order chi connectivity index (χ0) is 12.7. The lowest BCUT2D eigenvalue weighted by Crippen LogP contribution is -2.02. The quantitative estimate of drug-likeness (QED) is 0.702. The number of fused-ring (bicyclic) bond motifs is 1. The van der Waals surface area contributed by atoms with E-state index < -0.39 is 0 Å². The molecule has 90 valence electrons. The molecule has 6 heteroatoms. The van der Waals surface area contributed by atoms with Crippen molar-refractivity contribution in [3.05, 3.63) is 41.4 Å². The molecule has 0 saturated carbocycles. The molecular weight excluding hydrogens is 250 g/mol. The number of nitrogen functional groups attached to an aromatic ring is 2. The third-order valence-electron chi connectivity index (χ3n) is 2.62. The van der Waals surface area contributed by atoms with E-state index in [-0.39, 0.29) is 0 Å². The minimum atomic E-state index is 0.366. The number of anilines is 2. The predicted octanol–water partition coefficient (Wildman–Crippen LogP) is 2.21. The van der Waals surface area contributed by atoms with Crippen LogP contribution in [0.25, 0.3) is 16.9 Å². The van der Waals surface area contributed by atoms with Crippen LogP contribution in [0.2, 0.25) is 5.02 Å². The zero-order valence-corrected chi connectivity index (χ0v) is 10.1. The molecule has 18 heavy (non-hydrogen) atoms. The number of aromatic nitrogens is 3. The summed E-state index contributed by atoms with van der Waals surface area (Å²) in [6.07, 6.45) is 0. The standard InChI is InChI=1S/C12H10ClN5/c13-8-4-2-1-3-7(8)9-5-12-16-10(14)6-11(15)18(12)17-9/h1-6H,15H2,(H2,14,16). The summed E-state index contributed by atoms with van der Waals surface area (Å²) in [6, 6.07) is 10.8. The Labute approximate surface area is 108 Å². The summed E-state index contributed by atoms with van der Waals surface area (Å²) in [5.41, 5.74) is 13.6. The van der Waals surface area contributed by atoms with Crippen LogP contribution in [0.15, 0.2) is 36.4 Å². The normalized spacial score (nSPS) is 10.9. The van der Waals surface area contributed by atoms with Crippen molar-refractivity contribution in [2.24, 2.45) is 0 Å². The summed E-state index contributed by atoms with van der Waals surface area (Å²) < 4.78 is 1.54. The molecule has 0 aliphatic heterocycles. The van der Waals surface area contributed by atoms with Crippen LogP contribution in [-0.2, 0) is 0 Å². The van der Waals surface area contributed by atoms with Crippen molar-refractivity contribution in [1.29, 1.82) is 0 Å². The molecule has 0 spiro atoms. The highest BCUT2D eigenvalue weighted by Gasteiger charge is 2.10. The van der Waals surface area contributed by atoms with E-state index in [0.717, 1.165) is 5.56 Å². The van der Waals surface area contributed by atoms with Crippen molar-refractivity contribution in [3.63, 3.8) is 0 Å². The number of benzene rings is 1. The first-order valence-corrected chi connectivity index (χ1v) is 5.69. The van der Waals surface area contributed by atoms with Crippen molar-refractivity contribution < 1.29 is 0 Å². The lowest BCUT2D eigenvalue weighted by Gasteiger charge is -1.99. The van der Waals surface area contributed by atoms with Crippen molar-refractivity contribution in [1.82, 2.24) is 14.6 Å². The van der Waals surface area contributed by atoms with Crippen LogP contribution in [0.1, 0.15) is 0 Å². The lowest BCUT2D eigenvalue weighted by atomic mass is 10.1. The van der Waals surface area contributed by atoms with Crippen molar-refractivity contribution in [2.45, 2.75) is 0 Å². The van der Waals surface area contributed by atoms with Crippen LogP contribution in [0.3, 0.4) is 0 Å². The Morgan fingerprint density at radius 3 is 2.67 bits per heavy atom. The average Bonchev–Trinajstić information content (AvgIpc) is 2.73. The number of hydrogen-bond donors (Lipinski definition) is 2. The summed E-state index contributed by atoms with van der Waals surface area (Å²) in [7, 11) is 0. The van der Waals surface area contributed by atoms with Crippen molar-refractivity contribution >= 4 is 28.9 Å². The van der Waals surface area contributed by atoms with Crippen LogP contribution in [0, 0.1) is 0 Å². The molecule has 1 aromatic carbocycles. The Morgan fingerprint density at radius 2 is 1.89 bits per heavy atom. The minimum absolute atomic E-state index is 0.366. The van der Waals surface area contributed by atoms with Gasteiger partial charge in [0.05, 0.1) is 10.7 Å². The summed E-state index contributed by atoms with van der Waals surface area (Å²) in [4.78, 5) is 4.17. The first kappa shape index (κ1) is 10.9. The van der Waals surface area contributed by atoms with E-state index in [1.165, 1.54) is 4.52 Å². The van der Waals surface area contributed by atoms with Gasteiger partial charge in [0.2, 0.25) is 0 Å². The fraction of sp³-hybridized carbons (Fsp3) is 0. The second kappa shape index (κ2) is 3.89. The second-order valence-corrected chi connectivity index (χ2v) is 4.29. The molecule has 0 amide bonds. The van der Waals surface area contributed by atoms with E-state index in [0.29, 0.717) is 28.0 Å². The van der Waals surface area contributed by atoms with Gasteiger partial charge < -0.3 is 11.5 Å². The molecule has 4 N–H and O–H groups in total. The summed E-state index contributed by atoms with van der Waals surface area (Å²) in [6.45, 7) is 0. The first-order valence-electron chi connectivity index (χ1n) is 5.32. The number of rotatable bonds is 1. The Hall–Kier alpha value is -2.27. The number of hydrogen-bond acceptors (Lipinski definition) is 4. The molecule has 0 unspecified atom stereocenters. The number of halogens is 1. The molecule has 0 fully saturated rings. The van der Waals surface area contributed by atoms with Crippen LogP contribution in [0.5, 0.6) is 0 Å². The van der Waals surface area contributed by atoms with E-state index in [1.54, 1.807) is 12.1 Å². The van der Waals surface area contributed by atoms with E-state index >= 15 is 0 Å². The van der Waals surface area contributed by atoms with E-state index in [2.05, 4.69) is 10.1 Å². The van der Waals surface area contributed by atoms with Gasteiger partial charge in [-0.2, -0.15) is 9.61 Å². The third-order valence-corrected chi connectivity index (χ3v) is 2.95. The van der Waals surface area contributed by atoms with Crippen LogP contribution < -0.4 is 11.5 Å². The predicted molar refractivity (Wildman–Crippen MR) is 72.3 cm³/mol. The monoisotopic (exact) mass is 259 g/mol. The molecule has 3 rings (SSSR count). The van der Waals surface area contributed by atoms with Gasteiger partial charge in [0.1, 0.15) is 11.6 Å². The molecule has 0 radical (unpaired) electrons. The summed E-state index contributed by atoms with van der Waals surface area (Å²) >= 11 is 6.13. The number of nitrogens with zero attached hydrogens (tertiary/aromatic N) is 3. The Balaban J connectivity index is 2.26. The summed E-state index contributed by atoms with van der Waals surface area (Å²) in [5.74, 6) is 0.807. The molecule has 2 aromatic heterocycles. The second-order valence-electron chi connectivity index (χ2n) is 3.89. The Bertz CT molecular complexity index is 734. The van der Waals surface area contributed by atoms with Gasteiger partial charge in [0.15, 0.2) is 5.65 Å². The fourth-order valence-electron chi connectivity index (χ4n) is 1.82. The molecule has 3 aromatic rings. The van der Waals surface area contributed by atoms with Gasteiger partial charge in [-0.05, 0) is 6.07 Å². The van der Waals surface area contributed by atoms with Crippen molar-refractivity contribution in [2.75, 3.05) is 11.5 Å². The third kappa shape index (κ3) is 1.65. The van der Waals surface area contributed by atoms with E-state index in [4.69, 9.17) is 23.1 Å². The number of nitrogens with two attached hydrogens (primary N) is 2. The molecule has 0 aliphatic carbocycles. The van der Waals surface area contributed by atoms with Gasteiger partial charge in [-0.1, -0.05) is 29.8 Å². The maximum Gasteiger partial charge on any atom is 0.160 e. The average molecular weight is 260 g/mol. The molecule has 2 heterocycles. The highest BCUT2D eigenvalue weighted by atomic mass is 35.5. The van der Waals surface area contributed by atoms with Crippen LogP contribution >= 0.6 is 11.6 Å². The smallest absolute Gasteiger partial charge is 0.160 e. The maximum absolute atomic E-state index is 6.13. The highest BCUT2D eigenvalue weighted by molar-refractivity contribution is 6.33. The zero-order valence-electron chi connectivity index (χ0n) is 9.34. The molecule has 0 atom stereocenters. The first-order chi connectivity index (χ1) is 8.65.